The molecule has 0 atom stereocenters. The molecule has 0 aliphatic carbocycles. The number of nitrogens with zero attached hydrogens (tertiary/aromatic N) is 4. The first-order valence-electron chi connectivity index (χ1n) is 13.6. The van der Waals surface area contributed by atoms with Crippen molar-refractivity contribution < 1.29 is 28.5 Å². The first-order valence-corrected chi connectivity index (χ1v) is 16.6. The lowest BCUT2D eigenvalue weighted by atomic mass is 9.94. The molecule has 1 saturated heterocycles. The average molecular weight is 586 g/mol. The minimum absolute atomic E-state index is 0.159. The van der Waals surface area contributed by atoms with Gasteiger partial charge in [-0.15, -0.1) is 0 Å². The lowest BCUT2D eigenvalue weighted by molar-refractivity contribution is -0.191. The molecule has 0 spiro atoms. The van der Waals surface area contributed by atoms with E-state index in [1.165, 1.54) is 11.1 Å². The molecule has 2 aliphatic rings. The topological polar surface area (TPSA) is 117 Å². The van der Waals surface area contributed by atoms with Crippen LogP contribution >= 0.6 is 10.0 Å². The summed E-state index contributed by atoms with van der Waals surface area (Å²) in [7, 11) is 0.937. The van der Waals surface area contributed by atoms with Gasteiger partial charge in [0.05, 0.1) is 26.0 Å². The normalized spacial score (nSPS) is 20.2. The van der Waals surface area contributed by atoms with Crippen LogP contribution < -0.4 is 10.1 Å². The van der Waals surface area contributed by atoms with Crippen molar-refractivity contribution in [3.05, 3.63) is 53.5 Å². The van der Waals surface area contributed by atoms with Gasteiger partial charge in [-0.3, -0.25) is 4.79 Å². The number of fused-ring (bicyclic) bond motifs is 2. The second-order valence-electron chi connectivity index (χ2n) is 12.1. The Labute approximate surface area is 241 Å². The molecule has 2 aromatic heterocycles. The fourth-order valence-corrected chi connectivity index (χ4v) is 5.49. The molecule has 41 heavy (non-hydrogen) atoms. The molecule has 0 saturated carbocycles. The first-order chi connectivity index (χ1) is 19.4. The van der Waals surface area contributed by atoms with Gasteiger partial charge in [0, 0.05) is 48.8 Å². The Kier molecular flexibility index (Phi) is 8.18. The number of carbonyl (C=O) groups is 2. The lowest BCUT2D eigenvalue weighted by Gasteiger charge is -2.33. The van der Waals surface area contributed by atoms with E-state index in [9.17, 15) is 9.59 Å². The predicted molar refractivity (Wildman–Crippen MR) is 158 cm³/mol. The monoisotopic (exact) mass is 585 g/mol. The summed E-state index contributed by atoms with van der Waals surface area (Å²) < 4.78 is 25.2. The summed E-state index contributed by atoms with van der Waals surface area (Å²) in [5, 5.41) is 7.32. The van der Waals surface area contributed by atoms with Crippen molar-refractivity contribution in [1.29, 1.82) is 0 Å². The number of carbonyl (C=O) groups excluding carboxylic acids is 2. The van der Waals surface area contributed by atoms with Crippen molar-refractivity contribution in [1.82, 2.24) is 19.5 Å². The van der Waals surface area contributed by atoms with E-state index in [-0.39, 0.29) is 24.0 Å². The van der Waals surface area contributed by atoms with Gasteiger partial charge in [0.2, 0.25) is 0 Å². The van der Waals surface area contributed by atoms with E-state index in [4.69, 9.17) is 18.9 Å². The summed E-state index contributed by atoms with van der Waals surface area (Å²) in [4.78, 5) is 31.6. The quantitative estimate of drug-likeness (QED) is 0.423. The number of benzene rings is 1. The van der Waals surface area contributed by atoms with Gasteiger partial charge >= 0.3 is 6.09 Å². The van der Waals surface area contributed by atoms with Crippen LogP contribution in [-0.4, -0.2) is 101 Å². The highest BCUT2D eigenvalue weighted by Crippen LogP contribution is 2.41. The number of nitrogens with one attached hydrogen (secondary N) is 1. The molecule has 2 aliphatic heterocycles. The largest absolute Gasteiger partial charge is 0.487 e. The molecule has 0 bridgehead atoms. The molecule has 3 aromatic rings. The molecule has 12 heteroatoms. The smallest absolute Gasteiger partial charge is 0.409 e. The second kappa shape index (κ2) is 11.5. The van der Waals surface area contributed by atoms with Crippen molar-refractivity contribution >= 4 is 33.4 Å². The Morgan fingerprint density at radius 3 is 2.71 bits per heavy atom. The Balaban J connectivity index is 1.27. The summed E-state index contributed by atoms with van der Waals surface area (Å²) in [5.41, 5.74) is 3.07. The summed E-state index contributed by atoms with van der Waals surface area (Å²) in [6, 6.07) is 5.71. The standard InChI is InChI=1S/C29H39N5O6S/c1-29(2)14-19-12-23(32-27(35)22-15-31-34-9-7-8-30-26(22)34)21(13-24(19)40-29)20-17-38-25(39-18-20)16-33(3)28(36)37-10-11-41(4,5)6/h7-9,12-13,15,20,25H,10-11,14,16-18H2,1-6H3,(H,32,35). The summed E-state index contributed by atoms with van der Waals surface area (Å²) >= 11 is 0. The molecular formula is C29H39N5O6S. The van der Waals surface area contributed by atoms with E-state index in [2.05, 4.69) is 34.2 Å². The second-order valence-corrected chi connectivity index (χ2v) is 16.7. The number of hydrogen-bond donors (Lipinski definition) is 1. The average Bonchev–Trinajstić information content (AvgIpc) is 3.47. The van der Waals surface area contributed by atoms with Gasteiger partial charge in [0.25, 0.3) is 5.91 Å². The highest BCUT2D eigenvalue weighted by Gasteiger charge is 2.34. The number of amides is 2. The van der Waals surface area contributed by atoms with Crippen LogP contribution in [0.2, 0.25) is 0 Å². The van der Waals surface area contributed by atoms with Crippen LogP contribution in [0, 0.1) is 0 Å². The molecule has 2 amide bonds. The van der Waals surface area contributed by atoms with E-state index < -0.39 is 22.4 Å². The van der Waals surface area contributed by atoms with Gasteiger partial charge < -0.3 is 29.2 Å². The summed E-state index contributed by atoms with van der Waals surface area (Å²) in [6.07, 6.45) is 11.2. The molecule has 0 unspecified atom stereocenters. The summed E-state index contributed by atoms with van der Waals surface area (Å²) in [6.45, 7) is 5.43. The summed E-state index contributed by atoms with van der Waals surface area (Å²) in [5.74, 6) is 1.19. The van der Waals surface area contributed by atoms with Gasteiger partial charge in [-0.25, -0.2) is 24.3 Å². The third-order valence-corrected chi connectivity index (χ3v) is 8.46. The van der Waals surface area contributed by atoms with E-state index in [0.717, 1.165) is 29.1 Å². The minimum Gasteiger partial charge on any atom is -0.487 e. The Morgan fingerprint density at radius 2 is 1.98 bits per heavy atom. The van der Waals surface area contributed by atoms with Gasteiger partial charge in [0.15, 0.2) is 11.9 Å². The van der Waals surface area contributed by atoms with Gasteiger partial charge in [-0.05, 0) is 56.4 Å². The fourth-order valence-electron chi connectivity index (χ4n) is 4.90. The predicted octanol–water partition coefficient (Wildman–Crippen LogP) is 3.91. The zero-order valence-electron chi connectivity index (χ0n) is 24.5. The maximum Gasteiger partial charge on any atom is 0.409 e. The van der Waals surface area contributed by atoms with E-state index in [1.54, 1.807) is 30.0 Å². The van der Waals surface area contributed by atoms with E-state index >= 15 is 0 Å². The van der Waals surface area contributed by atoms with Crippen LogP contribution in [0.25, 0.3) is 5.65 Å². The number of anilines is 1. The first kappa shape index (κ1) is 29.2. The van der Waals surface area contributed by atoms with Crippen LogP contribution in [0.4, 0.5) is 10.5 Å². The van der Waals surface area contributed by atoms with Crippen molar-refractivity contribution in [3.63, 3.8) is 0 Å². The highest BCUT2D eigenvalue weighted by molar-refractivity contribution is 8.32. The van der Waals surface area contributed by atoms with Crippen molar-refractivity contribution in [3.8, 4) is 5.75 Å². The van der Waals surface area contributed by atoms with Crippen molar-refractivity contribution in [2.75, 3.05) is 63.3 Å². The van der Waals surface area contributed by atoms with Crippen LogP contribution in [0.5, 0.6) is 5.75 Å². The van der Waals surface area contributed by atoms with Crippen LogP contribution in [-0.2, 0) is 20.6 Å². The number of aromatic nitrogens is 3. The van der Waals surface area contributed by atoms with Crippen molar-refractivity contribution in [2.24, 2.45) is 0 Å². The lowest BCUT2D eigenvalue weighted by Crippen LogP contribution is -2.41. The van der Waals surface area contributed by atoms with Crippen LogP contribution in [0.15, 0.2) is 36.8 Å². The highest BCUT2D eigenvalue weighted by atomic mass is 32.3. The molecule has 11 nitrogen and oxygen atoms in total. The third-order valence-electron chi connectivity index (χ3n) is 7.07. The number of rotatable bonds is 8. The van der Waals surface area contributed by atoms with Crippen LogP contribution in [0.1, 0.15) is 41.3 Å². The molecule has 4 heterocycles. The Hall–Kier alpha value is -3.35. The van der Waals surface area contributed by atoms with E-state index in [0.29, 0.717) is 36.7 Å². The van der Waals surface area contributed by atoms with Gasteiger partial charge in [-0.2, -0.15) is 5.10 Å². The molecule has 1 fully saturated rings. The Morgan fingerprint density at radius 1 is 1.22 bits per heavy atom. The minimum atomic E-state index is -0.737. The third kappa shape index (κ3) is 6.94. The number of hydrogen-bond acceptors (Lipinski definition) is 8. The number of ether oxygens (including phenoxy) is 4. The molecule has 0 radical (unpaired) electrons. The van der Waals surface area contributed by atoms with Crippen LogP contribution in [0.3, 0.4) is 0 Å². The zero-order chi connectivity index (χ0) is 29.4. The molecular weight excluding hydrogens is 546 g/mol. The number of likely N-dealkylation sites (N-methyl/N-ethyl adjacent to an activating group) is 1. The van der Waals surface area contributed by atoms with E-state index in [1.807, 2.05) is 26.0 Å². The zero-order valence-corrected chi connectivity index (χ0v) is 25.3. The molecule has 5 rings (SSSR count). The molecule has 1 aromatic carbocycles. The maximum atomic E-state index is 13.4. The molecule has 222 valence electrons. The van der Waals surface area contributed by atoms with Gasteiger partial charge in [0.1, 0.15) is 23.5 Å². The van der Waals surface area contributed by atoms with Crippen molar-refractivity contribution in [2.45, 2.75) is 38.1 Å². The fraction of sp³-hybridized carbons (Fsp3) is 0.517. The SMILES string of the molecule is CN(CC1OCC(c2cc3c(cc2NC(=O)c2cnn4cccnc24)CC(C)(C)O3)CO1)C(=O)OCCS(C)(C)C. The van der Waals surface area contributed by atoms with Gasteiger partial charge in [-0.1, -0.05) is 0 Å². The Bertz CT molecular complexity index is 1430. The molecule has 1 N–H and O–H groups in total. The maximum absolute atomic E-state index is 13.4.